The number of anilines is 1. The second kappa shape index (κ2) is 6.91. The smallest absolute Gasteiger partial charge is 0.0713 e. The minimum atomic E-state index is 0.287. The Balaban J connectivity index is 2.07. The van der Waals surface area contributed by atoms with Crippen molar-refractivity contribution in [2.45, 2.75) is 19.6 Å². The Kier molecular flexibility index (Phi) is 5.22. The van der Waals surface area contributed by atoms with Gasteiger partial charge in [-0.25, -0.2) is 0 Å². The Morgan fingerprint density at radius 3 is 2.58 bits per heavy atom. The maximum Gasteiger partial charge on any atom is 0.0713 e. The molecule has 0 aliphatic carbocycles. The largest absolute Gasteiger partial charge is 0.380 e. The van der Waals surface area contributed by atoms with Gasteiger partial charge in [0.25, 0.3) is 0 Å². The van der Waals surface area contributed by atoms with Crippen molar-refractivity contribution in [3.8, 4) is 0 Å². The summed E-state index contributed by atoms with van der Waals surface area (Å²) < 4.78 is 6.42. The standard InChI is InChI=1S/C16H18INO/c1-12(14-6-8-15(17)9-7-14)18-16-5-3-4-13(10-16)11-19-2/h3-10,12,18H,11H2,1-2H3. The molecule has 19 heavy (non-hydrogen) atoms. The predicted octanol–water partition coefficient (Wildman–Crippen LogP) is 4.61. The first-order chi connectivity index (χ1) is 9.19. The van der Waals surface area contributed by atoms with Crippen molar-refractivity contribution in [1.29, 1.82) is 0 Å². The molecule has 0 radical (unpaired) electrons. The van der Waals surface area contributed by atoms with E-state index >= 15 is 0 Å². The predicted molar refractivity (Wildman–Crippen MR) is 88.4 cm³/mol. The SMILES string of the molecule is COCc1cccc(NC(C)c2ccc(I)cc2)c1. The molecule has 1 unspecified atom stereocenters. The molecule has 2 aromatic carbocycles. The first kappa shape index (κ1) is 14.3. The molecule has 2 nitrogen and oxygen atoms in total. The molecule has 0 aromatic heterocycles. The first-order valence-electron chi connectivity index (χ1n) is 6.29. The van der Waals surface area contributed by atoms with Crippen molar-refractivity contribution < 1.29 is 4.74 Å². The van der Waals surface area contributed by atoms with Crippen molar-refractivity contribution in [3.63, 3.8) is 0 Å². The van der Waals surface area contributed by atoms with E-state index in [1.807, 2.05) is 0 Å². The number of hydrogen-bond acceptors (Lipinski definition) is 2. The van der Waals surface area contributed by atoms with E-state index in [4.69, 9.17) is 4.74 Å². The molecule has 0 amide bonds. The van der Waals surface area contributed by atoms with Gasteiger partial charge in [-0.3, -0.25) is 0 Å². The first-order valence-corrected chi connectivity index (χ1v) is 7.37. The maximum atomic E-state index is 5.16. The molecule has 0 aliphatic heterocycles. The number of ether oxygens (including phenoxy) is 1. The number of benzene rings is 2. The van der Waals surface area contributed by atoms with Crippen LogP contribution in [0.2, 0.25) is 0 Å². The molecule has 0 fully saturated rings. The van der Waals surface area contributed by atoms with Crippen LogP contribution in [0, 0.1) is 3.57 Å². The number of hydrogen-bond donors (Lipinski definition) is 1. The lowest BCUT2D eigenvalue weighted by Gasteiger charge is -2.16. The van der Waals surface area contributed by atoms with Gasteiger partial charge in [-0.1, -0.05) is 24.3 Å². The summed E-state index contributed by atoms with van der Waals surface area (Å²) in [6.07, 6.45) is 0. The molecule has 2 rings (SSSR count). The summed E-state index contributed by atoms with van der Waals surface area (Å²) in [5.41, 5.74) is 3.60. The molecule has 1 N–H and O–H groups in total. The van der Waals surface area contributed by atoms with Gasteiger partial charge in [0, 0.05) is 22.4 Å². The zero-order valence-corrected chi connectivity index (χ0v) is 13.3. The molecule has 0 saturated carbocycles. The van der Waals surface area contributed by atoms with Gasteiger partial charge < -0.3 is 10.1 Å². The average Bonchev–Trinajstić information content (AvgIpc) is 2.40. The maximum absolute atomic E-state index is 5.16. The van der Waals surface area contributed by atoms with E-state index in [-0.39, 0.29) is 6.04 Å². The summed E-state index contributed by atoms with van der Waals surface area (Å²) in [6, 6.07) is 17.2. The van der Waals surface area contributed by atoms with Crippen LogP contribution in [0.3, 0.4) is 0 Å². The quantitative estimate of drug-likeness (QED) is 0.780. The van der Waals surface area contributed by atoms with E-state index in [2.05, 4.69) is 83.4 Å². The number of halogens is 1. The van der Waals surface area contributed by atoms with Crippen LogP contribution in [-0.4, -0.2) is 7.11 Å². The van der Waals surface area contributed by atoms with Crippen molar-refractivity contribution in [3.05, 3.63) is 63.2 Å². The zero-order valence-electron chi connectivity index (χ0n) is 11.2. The van der Waals surface area contributed by atoms with Gasteiger partial charge in [0.2, 0.25) is 0 Å². The average molecular weight is 367 g/mol. The van der Waals surface area contributed by atoms with Crippen LogP contribution >= 0.6 is 22.6 Å². The second-order valence-electron chi connectivity index (χ2n) is 4.55. The third-order valence-corrected chi connectivity index (χ3v) is 3.71. The summed E-state index contributed by atoms with van der Waals surface area (Å²) in [7, 11) is 1.72. The van der Waals surface area contributed by atoms with Crippen LogP contribution in [0.4, 0.5) is 5.69 Å². The lowest BCUT2D eigenvalue weighted by molar-refractivity contribution is 0.185. The van der Waals surface area contributed by atoms with E-state index in [1.165, 1.54) is 14.7 Å². The highest BCUT2D eigenvalue weighted by molar-refractivity contribution is 14.1. The molecule has 3 heteroatoms. The highest BCUT2D eigenvalue weighted by atomic mass is 127. The van der Waals surface area contributed by atoms with Gasteiger partial charge in [-0.05, 0) is 64.9 Å². The molecular weight excluding hydrogens is 349 g/mol. The topological polar surface area (TPSA) is 21.3 Å². The number of rotatable bonds is 5. The fourth-order valence-electron chi connectivity index (χ4n) is 2.00. The van der Waals surface area contributed by atoms with Crippen LogP contribution in [0.25, 0.3) is 0 Å². The van der Waals surface area contributed by atoms with Gasteiger partial charge in [-0.15, -0.1) is 0 Å². The van der Waals surface area contributed by atoms with Crippen LogP contribution in [0.5, 0.6) is 0 Å². The molecular formula is C16H18INO. The monoisotopic (exact) mass is 367 g/mol. The van der Waals surface area contributed by atoms with Crippen molar-refractivity contribution in [2.75, 3.05) is 12.4 Å². The van der Waals surface area contributed by atoms with Crippen molar-refractivity contribution >= 4 is 28.3 Å². The summed E-state index contributed by atoms with van der Waals surface area (Å²) in [5, 5.41) is 3.52. The highest BCUT2D eigenvalue weighted by Gasteiger charge is 2.05. The summed E-state index contributed by atoms with van der Waals surface area (Å²) >= 11 is 2.32. The fourth-order valence-corrected chi connectivity index (χ4v) is 2.36. The molecule has 2 aromatic rings. The van der Waals surface area contributed by atoms with E-state index in [1.54, 1.807) is 7.11 Å². The van der Waals surface area contributed by atoms with Gasteiger partial charge in [-0.2, -0.15) is 0 Å². The van der Waals surface area contributed by atoms with E-state index < -0.39 is 0 Å². The molecule has 0 bridgehead atoms. The van der Waals surface area contributed by atoms with Crippen LogP contribution in [0.15, 0.2) is 48.5 Å². The fraction of sp³-hybridized carbons (Fsp3) is 0.250. The normalized spacial score (nSPS) is 12.2. The molecule has 100 valence electrons. The van der Waals surface area contributed by atoms with Gasteiger partial charge in [0.1, 0.15) is 0 Å². The Bertz CT molecular complexity index is 525. The molecule has 1 atom stereocenters. The molecule has 0 aliphatic rings. The highest BCUT2D eigenvalue weighted by Crippen LogP contribution is 2.21. The third kappa shape index (κ3) is 4.21. The van der Waals surface area contributed by atoms with Gasteiger partial charge >= 0.3 is 0 Å². The lowest BCUT2D eigenvalue weighted by atomic mass is 10.1. The summed E-state index contributed by atoms with van der Waals surface area (Å²) in [4.78, 5) is 0. The van der Waals surface area contributed by atoms with Crippen molar-refractivity contribution in [1.82, 2.24) is 0 Å². The van der Waals surface area contributed by atoms with Crippen LogP contribution < -0.4 is 5.32 Å². The van der Waals surface area contributed by atoms with E-state index in [9.17, 15) is 0 Å². The minimum absolute atomic E-state index is 0.287. The molecule has 0 heterocycles. The Morgan fingerprint density at radius 2 is 1.89 bits per heavy atom. The van der Waals surface area contributed by atoms with Crippen molar-refractivity contribution in [2.24, 2.45) is 0 Å². The number of methoxy groups -OCH3 is 1. The molecule has 0 saturated heterocycles. The van der Waals surface area contributed by atoms with E-state index in [0.29, 0.717) is 6.61 Å². The summed E-state index contributed by atoms with van der Waals surface area (Å²) in [6.45, 7) is 2.82. The van der Waals surface area contributed by atoms with E-state index in [0.717, 1.165) is 5.69 Å². The molecule has 0 spiro atoms. The Labute approximate surface area is 128 Å². The zero-order chi connectivity index (χ0) is 13.7. The van der Waals surface area contributed by atoms with Crippen LogP contribution in [-0.2, 0) is 11.3 Å². The van der Waals surface area contributed by atoms with Crippen LogP contribution in [0.1, 0.15) is 24.1 Å². The van der Waals surface area contributed by atoms with Gasteiger partial charge in [0.15, 0.2) is 0 Å². The number of nitrogens with one attached hydrogen (secondary N) is 1. The Morgan fingerprint density at radius 1 is 1.16 bits per heavy atom. The minimum Gasteiger partial charge on any atom is -0.380 e. The Hall–Kier alpha value is -1.07. The summed E-state index contributed by atoms with van der Waals surface area (Å²) in [5.74, 6) is 0. The lowest BCUT2D eigenvalue weighted by Crippen LogP contribution is -2.06. The van der Waals surface area contributed by atoms with Gasteiger partial charge in [0.05, 0.1) is 6.61 Å². The second-order valence-corrected chi connectivity index (χ2v) is 5.80. The third-order valence-electron chi connectivity index (χ3n) is 2.99.